The predicted molar refractivity (Wildman–Crippen MR) is 74.7 cm³/mol. The first-order valence-corrected chi connectivity index (χ1v) is 7.21. The Hall–Kier alpha value is -0.750. The number of hydrogen-bond acceptors (Lipinski definition) is 5. The molecule has 1 atom stereocenters. The van der Waals surface area contributed by atoms with Crippen LogP contribution in [0.1, 0.15) is 26.2 Å². The van der Waals surface area contributed by atoms with Crippen molar-refractivity contribution in [1.82, 2.24) is 10.6 Å². The fourth-order valence-electron chi connectivity index (χ4n) is 1.47. The number of likely N-dealkylation sites (N-methyl/N-ethyl adjacent to an activating group) is 1. The number of rotatable bonds is 9. The van der Waals surface area contributed by atoms with E-state index in [0.29, 0.717) is 5.75 Å². The van der Waals surface area contributed by atoms with Crippen LogP contribution in [0.25, 0.3) is 0 Å². The van der Waals surface area contributed by atoms with Crippen LogP contribution in [0, 0.1) is 0 Å². The molecule has 0 rings (SSSR count). The zero-order valence-electron chi connectivity index (χ0n) is 11.7. The highest BCUT2D eigenvalue weighted by Gasteiger charge is 2.31. The average Bonchev–Trinajstić information content (AvgIpc) is 2.40. The summed E-state index contributed by atoms with van der Waals surface area (Å²) in [6.07, 6.45) is 2.64. The van der Waals surface area contributed by atoms with Crippen molar-refractivity contribution in [1.29, 1.82) is 0 Å². The van der Waals surface area contributed by atoms with Gasteiger partial charge in [-0.2, -0.15) is 11.8 Å². The molecule has 106 valence electrons. The van der Waals surface area contributed by atoms with Gasteiger partial charge in [0, 0.05) is 7.05 Å². The van der Waals surface area contributed by atoms with Crippen molar-refractivity contribution < 1.29 is 14.3 Å². The van der Waals surface area contributed by atoms with E-state index in [0.717, 1.165) is 25.0 Å². The number of hydrogen-bond donors (Lipinski definition) is 2. The smallest absolute Gasteiger partial charge is 0.325 e. The first kappa shape index (κ1) is 17.2. The summed E-state index contributed by atoms with van der Waals surface area (Å²) in [6.45, 7) is 1.84. The molecule has 0 aromatic carbocycles. The molecule has 1 amide bonds. The lowest BCUT2D eigenvalue weighted by molar-refractivity contribution is -0.148. The Balaban J connectivity index is 3.75. The molecular formula is C12H24N2O3S. The molecule has 0 aliphatic carbocycles. The number of amides is 1. The molecule has 2 N–H and O–H groups in total. The fraction of sp³-hybridized carbons (Fsp3) is 0.833. The van der Waals surface area contributed by atoms with E-state index >= 15 is 0 Å². The zero-order chi connectivity index (χ0) is 14.0. The second-order valence-corrected chi connectivity index (χ2v) is 5.36. The SMILES string of the molecule is CNC(=O)CSCCCCC(C)(NC)C(=O)OC. The first-order valence-electron chi connectivity index (χ1n) is 6.06. The number of carbonyl (C=O) groups excluding carboxylic acids is 2. The van der Waals surface area contributed by atoms with Crippen molar-refractivity contribution in [3.8, 4) is 0 Å². The lowest BCUT2D eigenvalue weighted by atomic mass is 9.95. The van der Waals surface area contributed by atoms with Crippen molar-refractivity contribution in [2.24, 2.45) is 0 Å². The molecule has 0 aromatic rings. The van der Waals surface area contributed by atoms with Gasteiger partial charge in [-0.25, -0.2) is 0 Å². The molecule has 0 saturated carbocycles. The van der Waals surface area contributed by atoms with Gasteiger partial charge in [-0.05, 0) is 32.6 Å². The van der Waals surface area contributed by atoms with E-state index < -0.39 is 5.54 Å². The monoisotopic (exact) mass is 276 g/mol. The summed E-state index contributed by atoms with van der Waals surface area (Å²) in [5.41, 5.74) is -0.611. The second-order valence-electron chi connectivity index (χ2n) is 4.26. The number of methoxy groups -OCH3 is 1. The second kappa shape index (κ2) is 9.22. The minimum absolute atomic E-state index is 0.0506. The highest BCUT2D eigenvalue weighted by Crippen LogP contribution is 2.16. The summed E-state index contributed by atoms with van der Waals surface area (Å²) >= 11 is 1.61. The van der Waals surface area contributed by atoms with Gasteiger partial charge in [-0.3, -0.25) is 9.59 Å². The van der Waals surface area contributed by atoms with E-state index in [-0.39, 0.29) is 11.9 Å². The third kappa shape index (κ3) is 6.26. The van der Waals surface area contributed by atoms with Gasteiger partial charge in [0.25, 0.3) is 0 Å². The van der Waals surface area contributed by atoms with Crippen molar-refractivity contribution in [2.75, 3.05) is 32.7 Å². The molecule has 0 aliphatic heterocycles. The van der Waals surface area contributed by atoms with Gasteiger partial charge in [0.15, 0.2) is 0 Å². The molecular weight excluding hydrogens is 252 g/mol. The minimum atomic E-state index is -0.611. The maximum atomic E-state index is 11.6. The molecule has 0 saturated heterocycles. The highest BCUT2D eigenvalue weighted by atomic mass is 32.2. The number of carbonyl (C=O) groups is 2. The Morgan fingerprint density at radius 1 is 1.28 bits per heavy atom. The van der Waals surface area contributed by atoms with Crippen LogP contribution < -0.4 is 10.6 Å². The topological polar surface area (TPSA) is 67.4 Å². The Morgan fingerprint density at radius 2 is 1.94 bits per heavy atom. The van der Waals surface area contributed by atoms with Gasteiger partial charge in [-0.15, -0.1) is 0 Å². The molecule has 0 radical (unpaired) electrons. The van der Waals surface area contributed by atoms with Crippen LogP contribution in [0.3, 0.4) is 0 Å². The van der Waals surface area contributed by atoms with Gasteiger partial charge in [0.05, 0.1) is 12.9 Å². The summed E-state index contributed by atoms with van der Waals surface area (Å²) in [5.74, 6) is 1.24. The summed E-state index contributed by atoms with van der Waals surface area (Å²) in [7, 11) is 4.80. The van der Waals surface area contributed by atoms with Crippen LogP contribution in [-0.2, 0) is 14.3 Å². The number of nitrogens with one attached hydrogen (secondary N) is 2. The van der Waals surface area contributed by atoms with Gasteiger partial charge < -0.3 is 15.4 Å². The van der Waals surface area contributed by atoms with Crippen LogP contribution in [0.4, 0.5) is 0 Å². The van der Waals surface area contributed by atoms with Crippen LogP contribution in [0.5, 0.6) is 0 Å². The summed E-state index contributed by atoms with van der Waals surface area (Å²) in [5, 5.41) is 5.58. The normalized spacial score (nSPS) is 13.8. The Bertz CT molecular complexity index is 274. The molecule has 0 aromatic heterocycles. The maximum Gasteiger partial charge on any atom is 0.325 e. The standard InChI is InChI=1S/C12H24N2O3S/c1-12(14-3,11(16)17-4)7-5-6-8-18-9-10(15)13-2/h14H,5-9H2,1-4H3,(H,13,15). The van der Waals surface area contributed by atoms with Gasteiger partial charge in [0.2, 0.25) is 5.91 Å². The third-order valence-corrected chi connectivity index (χ3v) is 3.96. The molecule has 0 aliphatic rings. The number of ether oxygens (including phenoxy) is 1. The molecule has 0 fully saturated rings. The highest BCUT2D eigenvalue weighted by molar-refractivity contribution is 7.99. The average molecular weight is 276 g/mol. The maximum absolute atomic E-state index is 11.6. The summed E-state index contributed by atoms with van der Waals surface area (Å²) in [4.78, 5) is 22.5. The van der Waals surface area contributed by atoms with E-state index in [1.54, 1.807) is 25.9 Å². The van der Waals surface area contributed by atoms with Crippen molar-refractivity contribution in [3.05, 3.63) is 0 Å². The Labute approximate surface area is 113 Å². The molecule has 6 heteroatoms. The zero-order valence-corrected chi connectivity index (χ0v) is 12.5. The first-order chi connectivity index (χ1) is 8.50. The molecule has 0 spiro atoms. The molecule has 18 heavy (non-hydrogen) atoms. The van der Waals surface area contributed by atoms with Crippen LogP contribution in [-0.4, -0.2) is 50.1 Å². The molecule has 0 bridgehead atoms. The van der Waals surface area contributed by atoms with Crippen LogP contribution in [0.15, 0.2) is 0 Å². The van der Waals surface area contributed by atoms with Crippen LogP contribution >= 0.6 is 11.8 Å². The third-order valence-electron chi connectivity index (χ3n) is 2.92. The molecule has 5 nitrogen and oxygen atoms in total. The number of unbranched alkanes of at least 4 members (excludes halogenated alkanes) is 1. The van der Waals surface area contributed by atoms with E-state index in [1.165, 1.54) is 7.11 Å². The molecule has 1 unspecified atom stereocenters. The summed E-state index contributed by atoms with van der Waals surface area (Å²) in [6, 6.07) is 0. The number of thioether (sulfide) groups is 1. The Morgan fingerprint density at radius 3 is 2.44 bits per heavy atom. The van der Waals surface area contributed by atoms with Crippen LogP contribution in [0.2, 0.25) is 0 Å². The summed E-state index contributed by atoms with van der Waals surface area (Å²) < 4.78 is 4.77. The Kier molecular flexibility index (Phi) is 8.83. The van der Waals surface area contributed by atoms with Gasteiger partial charge >= 0.3 is 5.97 Å². The molecule has 0 heterocycles. The van der Waals surface area contributed by atoms with Crippen molar-refractivity contribution in [2.45, 2.75) is 31.7 Å². The van der Waals surface area contributed by atoms with E-state index in [4.69, 9.17) is 4.74 Å². The lowest BCUT2D eigenvalue weighted by Gasteiger charge is -2.25. The lowest BCUT2D eigenvalue weighted by Crippen LogP contribution is -2.48. The van der Waals surface area contributed by atoms with E-state index in [2.05, 4.69) is 10.6 Å². The number of esters is 1. The van der Waals surface area contributed by atoms with E-state index in [9.17, 15) is 9.59 Å². The minimum Gasteiger partial charge on any atom is -0.468 e. The van der Waals surface area contributed by atoms with Crippen molar-refractivity contribution >= 4 is 23.6 Å². The largest absolute Gasteiger partial charge is 0.468 e. The van der Waals surface area contributed by atoms with E-state index in [1.807, 2.05) is 6.92 Å². The van der Waals surface area contributed by atoms with Crippen molar-refractivity contribution in [3.63, 3.8) is 0 Å². The quantitative estimate of drug-likeness (QED) is 0.481. The van der Waals surface area contributed by atoms with Gasteiger partial charge in [0.1, 0.15) is 5.54 Å². The van der Waals surface area contributed by atoms with Gasteiger partial charge in [-0.1, -0.05) is 6.42 Å². The fourth-order valence-corrected chi connectivity index (χ4v) is 2.36. The predicted octanol–water partition coefficient (Wildman–Crippen LogP) is 0.787.